The largest absolute Gasteiger partial charge is 0.524 e. The highest BCUT2D eigenvalue weighted by Crippen LogP contribution is 2.40. The van der Waals surface area contributed by atoms with Gasteiger partial charge in [-0.1, -0.05) is 85.9 Å². The van der Waals surface area contributed by atoms with Gasteiger partial charge in [-0.05, 0) is 59.7 Å². The number of fused-ring (bicyclic) bond motifs is 3. The molecule has 0 saturated carbocycles. The van der Waals surface area contributed by atoms with E-state index in [0.29, 0.717) is 38.5 Å². The van der Waals surface area contributed by atoms with E-state index >= 15 is 0 Å². The van der Waals surface area contributed by atoms with Gasteiger partial charge in [0.2, 0.25) is 17.7 Å². The summed E-state index contributed by atoms with van der Waals surface area (Å²) in [5.74, 6) is -3.88. The topological polar surface area (TPSA) is 224 Å². The van der Waals surface area contributed by atoms with Gasteiger partial charge in [-0.15, -0.1) is 0 Å². The fourth-order valence-corrected chi connectivity index (χ4v) is 7.57. The Morgan fingerprint density at radius 1 is 1.08 bits per heavy atom. The summed E-state index contributed by atoms with van der Waals surface area (Å²) in [5.41, 5.74) is 7.06. The number of H-pyrrole nitrogens is 1. The van der Waals surface area contributed by atoms with Crippen LogP contribution in [0.2, 0.25) is 10.0 Å². The summed E-state index contributed by atoms with van der Waals surface area (Å²) >= 11 is 12.9. The first-order valence-electron chi connectivity index (χ1n) is 16.8. The van der Waals surface area contributed by atoms with Gasteiger partial charge in [0.25, 0.3) is 0 Å². The number of carbonyl (C=O) groups is 4. The third kappa shape index (κ3) is 9.32. The van der Waals surface area contributed by atoms with Crippen LogP contribution in [0.5, 0.6) is 5.75 Å². The zero-order valence-corrected chi connectivity index (χ0v) is 31.3. The molecule has 282 valence electrons. The van der Waals surface area contributed by atoms with Gasteiger partial charge in [-0.25, -0.2) is 9.36 Å². The van der Waals surface area contributed by atoms with E-state index in [0.717, 1.165) is 10.6 Å². The highest BCUT2D eigenvalue weighted by molar-refractivity contribution is 7.46. The molecule has 3 aromatic carbocycles. The molecule has 0 radical (unpaired) electrons. The van der Waals surface area contributed by atoms with E-state index in [1.165, 1.54) is 24.3 Å². The van der Waals surface area contributed by atoms with Crippen molar-refractivity contribution >= 4 is 65.7 Å². The summed E-state index contributed by atoms with van der Waals surface area (Å²) in [6.07, 6.45) is -0.474. The molecule has 1 aliphatic carbocycles. The van der Waals surface area contributed by atoms with Crippen molar-refractivity contribution in [1.29, 1.82) is 0 Å². The number of nitrogens with one attached hydrogen (secondary N) is 3. The minimum Gasteiger partial charge on any atom is -0.465 e. The summed E-state index contributed by atoms with van der Waals surface area (Å²) in [5, 5.41) is 17.4. The van der Waals surface area contributed by atoms with Crippen LogP contribution in [0.15, 0.2) is 66.7 Å². The molecular formula is C36H40Cl2N5O9P. The second-order valence-corrected chi connectivity index (χ2v) is 15.2. The normalized spacial score (nSPS) is 17.2. The van der Waals surface area contributed by atoms with Crippen molar-refractivity contribution < 1.29 is 43.2 Å². The molecule has 0 spiro atoms. The fourth-order valence-electron chi connectivity index (χ4n) is 6.63. The Balaban J connectivity index is 1.58. The van der Waals surface area contributed by atoms with Crippen LogP contribution in [-0.4, -0.2) is 66.7 Å². The van der Waals surface area contributed by atoms with E-state index in [1.807, 2.05) is 6.92 Å². The molecule has 0 bridgehead atoms. The number of aryl methyl sites for hydroxylation is 1. The van der Waals surface area contributed by atoms with Gasteiger partial charge < -0.3 is 35.9 Å². The minimum absolute atomic E-state index is 0.0446. The predicted octanol–water partition coefficient (Wildman–Crippen LogP) is 5.27. The summed E-state index contributed by atoms with van der Waals surface area (Å²) in [4.78, 5) is 77.3. The maximum atomic E-state index is 14.7. The van der Waals surface area contributed by atoms with E-state index in [-0.39, 0.29) is 49.6 Å². The monoisotopic (exact) mass is 787 g/mol. The highest BCUT2D eigenvalue weighted by Gasteiger charge is 2.46. The number of aromatic amines is 1. The van der Waals surface area contributed by atoms with Crippen molar-refractivity contribution in [2.45, 2.75) is 63.6 Å². The van der Waals surface area contributed by atoms with Gasteiger partial charge >= 0.3 is 13.9 Å². The van der Waals surface area contributed by atoms with Crippen LogP contribution in [0.25, 0.3) is 10.9 Å². The van der Waals surface area contributed by atoms with Crippen LogP contribution in [0, 0.1) is 5.92 Å². The van der Waals surface area contributed by atoms with Gasteiger partial charge in [-0.3, -0.25) is 24.2 Å². The molecule has 0 fully saturated rings. The van der Waals surface area contributed by atoms with Crippen molar-refractivity contribution in [1.82, 2.24) is 20.5 Å². The van der Waals surface area contributed by atoms with Gasteiger partial charge in [-0.2, -0.15) is 0 Å². The second-order valence-electron chi connectivity index (χ2n) is 13.2. The average molecular weight is 789 g/mol. The summed E-state index contributed by atoms with van der Waals surface area (Å²) in [6.45, 7) is 3.18. The zero-order valence-electron chi connectivity index (χ0n) is 28.8. The van der Waals surface area contributed by atoms with E-state index in [4.69, 9.17) is 28.9 Å². The Morgan fingerprint density at radius 2 is 1.75 bits per heavy atom. The number of rotatable bonds is 14. The van der Waals surface area contributed by atoms with Crippen molar-refractivity contribution in [2.75, 3.05) is 6.54 Å². The van der Waals surface area contributed by atoms with Gasteiger partial charge in [0, 0.05) is 35.6 Å². The third-order valence-electron chi connectivity index (χ3n) is 9.62. The van der Waals surface area contributed by atoms with Gasteiger partial charge in [0.15, 0.2) is 0 Å². The number of phosphoric acid groups is 1. The molecule has 4 amide bonds. The van der Waals surface area contributed by atoms with Gasteiger partial charge in [0.05, 0.1) is 16.5 Å². The number of amides is 4. The van der Waals surface area contributed by atoms with Crippen LogP contribution < -0.4 is 20.9 Å². The number of primary amides is 1. The van der Waals surface area contributed by atoms with Crippen molar-refractivity contribution in [2.24, 2.45) is 11.7 Å². The van der Waals surface area contributed by atoms with Crippen LogP contribution in [0.4, 0.5) is 4.79 Å². The molecule has 14 nitrogen and oxygen atoms in total. The minimum atomic E-state index is -4.90. The molecule has 8 N–H and O–H groups in total. The average Bonchev–Trinajstić information content (AvgIpc) is 3.46. The quantitative estimate of drug-likeness (QED) is 0.0826. The van der Waals surface area contributed by atoms with E-state index < -0.39 is 49.1 Å². The standard InChI is InChI=1S/C36H40Cl2N5O9P/c1-3-20(2)30(32(39)44)41-34(46)36(14-13-29-26(17-36)25-15-23(37)16-28(38)31(25)40-29)42-33(45)27(22-9-11-24(12-10-22)52-53(49,50)51)19-43(35(47)48)18-21-7-5-4-6-8-21/h4-12,15-16,20,27,30,40H,3,13-14,17-19H2,1-2H3,(H2,39,44)(H,41,46)(H,42,45)(H,47,48)(H2,49,50,51)/t20-,27-,30?,36+/m0/s1. The molecule has 17 heteroatoms. The number of hydrogen-bond acceptors (Lipinski definition) is 6. The van der Waals surface area contributed by atoms with Crippen molar-refractivity contribution in [3.8, 4) is 5.75 Å². The Labute approximate surface area is 315 Å². The Morgan fingerprint density at radius 3 is 2.36 bits per heavy atom. The molecule has 1 heterocycles. The van der Waals surface area contributed by atoms with Gasteiger partial charge in [0.1, 0.15) is 17.3 Å². The van der Waals surface area contributed by atoms with E-state index in [2.05, 4.69) is 20.1 Å². The summed E-state index contributed by atoms with van der Waals surface area (Å²) < 4.78 is 16.1. The Bertz CT molecular complexity index is 2060. The lowest BCUT2D eigenvalue weighted by atomic mass is 9.77. The number of halogens is 2. The van der Waals surface area contributed by atoms with Crippen molar-refractivity contribution in [3.63, 3.8) is 0 Å². The van der Waals surface area contributed by atoms with Crippen LogP contribution in [0.3, 0.4) is 0 Å². The molecule has 0 saturated heterocycles. The SMILES string of the molecule is CC[C@H](C)C(NC(=O)[C@@]1(NC(=O)[C@@H](CN(Cc2ccccc2)C(=O)O)c2ccc(OP(=O)(O)O)cc2)CCc2[nH]c3c(Cl)cc(Cl)cc3c2C1)C(N)=O. The third-order valence-corrected chi connectivity index (χ3v) is 10.6. The molecule has 5 rings (SSSR count). The number of hydrogen-bond donors (Lipinski definition) is 7. The van der Waals surface area contributed by atoms with Crippen LogP contribution in [0.1, 0.15) is 55.0 Å². The van der Waals surface area contributed by atoms with E-state index in [1.54, 1.807) is 49.4 Å². The number of carbonyl (C=O) groups excluding carboxylic acids is 3. The number of carboxylic acid groups (broad SMARTS) is 1. The Kier molecular flexibility index (Phi) is 12.1. The molecule has 4 atom stereocenters. The number of nitrogens with two attached hydrogens (primary N) is 1. The molecule has 1 unspecified atom stereocenters. The lowest BCUT2D eigenvalue weighted by molar-refractivity contribution is -0.137. The summed E-state index contributed by atoms with van der Waals surface area (Å²) in [7, 11) is -4.90. The zero-order chi connectivity index (χ0) is 38.7. The first-order chi connectivity index (χ1) is 25.0. The van der Waals surface area contributed by atoms with Crippen molar-refractivity contribution in [3.05, 3.63) is 99.2 Å². The second kappa shape index (κ2) is 16.2. The number of aromatic nitrogens is 1. The first kappa shape index (κ1) is 39.6. The molecule has 0 aliphatic heterocycles. The fraction of sp³-hybridized carbons (Fsp3) is 0.333. The number of benzene rings is 3. The van der Waals surface area contributed by atoms with E-state index in [9.17, 15) is 38.6 Å². The lowest BCUT2D eigenvalue weighted by Gasteiger charge is -2.39. The van der Waals surface area contributed by atoms with Crippen LogP contribution in [-0.2, 0) is 38.3 Å². The molecule has 4 aromatic rings. The highest BCUT2D eigenvalue weighted by atomic mass is 35.5. The number of phosphoric ester groups is 1. The maximum absolute atomic E-state index is 14.7. The molecular weight excluding hydrogens is 748 g/mol. The maximum Gasteiger partial charge on any atom is 0.524 e. The number of nitrogens with zero attached hydrogens (tertiary/aromatic N) is 1. The van der Waals surface area contributed by atoms with Crippen LogP contribution >= 0.6 is 31.0 Å². The lowest BCUT2D eigenvalue weighted by Crippen LogP contribution is -2.65. The first-order valence-corrected chi connectivity index (χ1v) is 19.1. The molecule has 1 aromatic heterocycles. The predicted molar refractivity (Wildman–Crippen MR) is 199 cm³/mol. The smallest absolute Gasteiger partial charge is 0.465 e. The Hall–Kier alpha value is -4.59. The molecule has 1 aliphatic rings. The summed E-state index contributed by atoms with van der Waals surface area (Å²) in [6, 6.07) is 16.3. The molecule has 53 heavy (non-hydrogen) atoms.